The zero-order valence-corrected chi connectivity index (χ0v) is 11.2. The van der Waals surface area contributed by atoms with E-state index in [0.717, 1.165) is 19.4 Å². The molecule has 17 heavy (non-hydrogen) atoms. The highest BCUT2D eigenvalue weighted by Gasteiger charge is 2.34. The van der Waals surface area contributed by atoms with E-state index >= 15 is 0 Å². The quantitative estimate of drug-likeness (QED) is 0.774. The van der Waals surface area contributed by atoms with Gasteiger partial charge in [0, 0.05) is 6.04 Å². The molecule has 1 aliphatic heterocycles. The average molecular weight is 238 g/mol. The Morgan fingerprint density at radius 3 is 2.59 bits per heavy atom. The van der Waals surface area contributed by atoms with Gasteiger partial charge in [-0.3, -0.25) is 4.79 Å². The minimum absolute atomic E-state index is 0.0569. The molecule has 2 rings (SSSR count). The van der Waals surface area contributed by atoms with Crippen LogP contribution in [0.2, 0.25) is 0 Å². The number of piperidine rings is 1. The van der Waals surface area contributed by atoms with Gasteiger partial charge in [0.15, 0.2) is 0 Å². The molecule has 2 fully saturated rings. The van der Waals surface area contributed by atoms with Gasteiger partial charge >= 0.3 is 0 Å². The summed E-state index contributed by atoms with van der Waals surface area (Å²) in [4.78, 5) is 12.2. The molecule has 0 aromatic heterocycles. The summed E-state index contributed by atoms with van der Waals surface area (Å²) in [5.74, 6) is 0.227. The van der Waals surface area contributed by atoms with Crippen molar-refractivity contribution >= 4 is 5.91 Å². The normalized spacial score (nSPS) is 33.1. The number of rotatable bonds is 2. The first-order valence-corrected chi connectivity index (χ1v) is 7.13. The average Bonchev–Trinajstić information content (AvgIpc) is 2.33. The molecule has 0 spiro atoms. The molecular formula is C14H26N2O. The summed E-state index contributed by atoms with van der Waals surface area (Å²) in [6.07, 6.45) is 8.33. The second-order valence-electron chi connectivity index (χ2n) is 6.30. The van der Waals surface area contributed by atoms with Crippen LogP contribution in [0.1, 0.15) is 58.8 Å². The molecule has 1 amide bonds. The van der Waals surface area contributed by atoms with E-state index in [2.05, 4.69) is 24.5 Å². The largest absolute Gasteiger partial charge is 0.351 e. The molecule has 1 saturated carbocycles. The number of carbonyl (C=O) groups excluding carboxylic acids is 1. The van der Waals surface area contributed by atoms with Gasteiger partial charge in [-0.2, -0.15) is 0 Å². The van der Waals surface area contributed by atoms with Crippen LogP contribution < -0.4 is 10.6 Å². The summed E-state index contributed by atoms with van der Waals surface area (Å²) in [6, 6.07) is 0.425. The lowest BCUT2D eigenvalue weighted by Gasteiger charge is -2.40. The molecule has 0 aromatic carbocycles. The predicted molar refractivity (Wildman–Crippen MR) is 69.8 cm³/mol. The number of hydrogen-bond donors (Lipinski definition) is 2. The van der Waals surface area contributed by atoms with Crippen molar-refractivity contribution in [2.75, 3.05) is 6.54 Å². The fourth-order valence-electron chi connectivity index (χ4n) is 3.11. The maximum absolute atomic E-state index is 12.2. The first kappa shape index (κ1) is 12.9. The second-order valence-corrected chi connectivity index (χ2v) is 6.30. The highest BCUT2D eigenvalue weighted by atomic mass is 16.2. The van der Waals surface area contributed by atoms with Gasteiger partial charge in [0.05, 0.1) is 6.04 Å². The maximum atomic E-state index is 12.2. The fourth-order valence-corrected chi connectivity index (χ4v) is 3.11. The molecule has 98 valence electrons. The first-order chi connectivity index (χ1) is 8.09. The minimum Gasteiger partial charge on any atom is -0.351 e. The second kappa shape index (κ2) is 5.38. The molecule has 1 saturated heterocycles. The Morgan fingerprint density at radius 2 is 1.94 bits per heavy atom. The van der Waals surface area contributed by atoms with Crippen LogP contribution >= 0.6 is 0 Å². The molecule has 1 heterocycles. The van der Waals surface area contributed by atoms with Crippen LogP contribution in [0, 0.1) is 5.41 Å². The van der Waals surface area contributed by atoms with Crippen molar-refractivity contribution in [3.63, 3.8) is 0 Å². The topological polar surface area (TPSA) is 41.1 Å². The van der Waals surface area contributed by atoms with E-state index in [-0.39, 0.29) is 17.4 Å². The van der Waals surface area contributed by atoms with Crippen LogP contribution in [0.25, 0.3) is 0 Å². The third-order valence-electron chi connectivity index (χ3n) is 4.45. The van der Waals surface area contributed by atoms with E-state index in [1.807, 2.05) is 0 Å². The van der Waals surface area contributed by atoms with Crippen molar-refractivity contribution < 1.29 is 4.79 Å². The van der Waals surface area contributed by atoms with Crippen molar-refractivity contribution in [1.82, 2.24) is 10.6 Å². The van der Waals surface area contributed by atoms with Gasteiger partial charge in [-0.25, -0.2) is 0 Å². The van der Waals surface area contributed by atoms with Crippen LogP contribution in [0.5, 0.6) is 0 Å². The van der Waals surface area contributed by atoms with Crippen LogP contribution in [0.3, 0.4) is 0 Å². The first-order valence-electron chi connectivity index (χ1n) is 7.13. The van der Waals surface area contributed by atoms with Crippen molar-refractivity contribution in [3.05, 3.63) is 0 Å². The van der Waals surface area contributed by atoms with E-state index in [4.69, 9.17) is 0 Å². The number of amides is 1. The van der Waals surface area contributed by atoms with E-state index < -0.39 is 0 Å². The van der Waals surface area contributed by atoms with Crippen LogP contribution in [0.4, 0.5) is 0 Å². The zero-order valence-electron chi connectivity index (χ0n) is 11.2. The van der Waals surface area contributed by atoms with Gasteiger partial charge < -0.3 is 10.6 Å². The van der Waals surface area contributed by atoms with Gasteiger partial charge in [-0.05, 0) is 37.6 Å². The number of hydrogen-bond acceptors (Lipinski definition) is 2. The summed E-state index contributed by atoms with van der Waals surface area (Å²) in [5, 5.41) is 6.60. The summed E-state index contributed by atoms with van der Waals surface area (Å²) in [7, 11) is 0. The molecule has 2 N–H and O–H groups in total. The van der Waals surface area contributed by atoms with Gasteiger partial charge in [0.1, 0.15) is 0 Å². The monoisotopic (exact) mass is 238 g/mol. The Labute approximate surface area is 105 Å². The summed E-state index contributed by atoms with van der Waals surface area (Å²) in [5.41, 5.74) is 0.266. The summed E-state index contributed by atoms with van der Waals surface area (Å²) < 4.78 is 0. The molecule has 2 atom stereocenters. The maximum Gasteiger partial charge on any atom is 0.237 e. The van der Waals surface area contributed by atoms with Crippen LogP contribution in [-0.4, -0.2) is 24.5 Å². The zero-order chi connectivity index (χ0) is 12.3. The molecule has 0 radical (unpaired) electrons. The summed E-state index contributed by atoms with van der Waals surface area (Å²) >= 11 is 0. The molecule has 3 heteroatoms. The Bertz CT molecular complexity index is 269. The fraction of sp³-hybridized carbons (Fsp3) is 0.929. The number of carbonyl (C=O) groups is 1. The smallest absolute Gasteiger partial charge is 0.237 e. The Morgan fingerprint density at radius 1 is 1.18 bits per heavy atom. The predicted octanol–water partition coefficient (Wildman–Crippen LogP) is 2.21. The highest BCUT2D eigenvalue weighted by Crippen LogP contribution is 2.35. The third kappa shape index (κ3) is 3.21. The highest BCUT2D eigenvalue weighted by molar-refractivity contribution is 5.82. The van der Waals surface area contributed by atoms with E-state index in [1.54, 1.807) is 0 Å². The lowest BCUT2D eigenvalue weighted by atomic mass is 9.73. The standard InChI is InChI=1S/C14H26N2O/c1-14(2)9-5-3-8-12(14)16-13(17)11-7-4-6-10-15-11/h11-12,15H,3-10H2,1-2H3,(H,16,17)/t11-,12?/m0/s1. The molecule has 3 nitrogen and oxygen atoms in total. The number of nitrogens with one attached hydrogen (secondary N) is 2. The van der Waals surface area contributed by atoms with Crippen LogP contribution in [-0.2, 0) is 4.79 Å². The van der Waals surface area contributed by atoms with Gasteiger partial charge in [0.25, 0.3) is 0 Å². The minimum atomic E-state index is 0.0569. The van der Waals surface area contributed by atoms with E-state index in [0.29, 0.717) is 6.04 Å². The van der Waals surface area contributed by atoms with Gasteiger partial charge in [-0.1, -0.05) is 33.1 Å². The SMILES string of the molecule is CC1(C)CCCCC1NC(=O)[C@@H]1CCCCN1. The molecule has 0 bridgehead atoms. The Hall–Kier alpha value is -0.570. The molecule has 2 aliphatic rings. The van der Waals surface area contributed by atoms with Gasteiger partial charge in [0.2, 0.25) is 5.91 Å². The molecule has 0 aromatic rings. The lowest BCUT2D eigenvalue weighted by molar-refractivity contribution is -0.125. The van der Waals surface area contributed by atoms with E-state index in [1.165, 1.54) is 32.1 Å². The van der Waals surface area contributed by atoms with Crippen molar-refractivity contribution in [2.24, 2.45) is 5.41 Å². The summed E-state index contributed by atoms with van der Waals surface area (Å²) in [6.45, 7) is 5.56. The molecule has 1 unspecified atom stereocenters. The lowest BCUT2D eigenvalue weighted by Crippen LogP contribution is -2.54. The van der Waals surface area contributed by atoms with Crippen molar-refractivity contribution in [3.8, 4) is 0 Å². The third-order valence-corrected chi connectivity index (χ3v) is 4.45. The Kier molecular flexibility index (Phi) is 4.08. The van der Waals surface area contributed by atoms with Crippen LogP contribution in [0.15, 0.2) is 0 Å². The van der Waals surface area contributed by atoms with E-state index in [9.17, 15) is 4.79 Å². The molecule has 1 aliphatic carbocycles. The molecular weight excluding hydrogens is 212 g/mol. The van der Waals surface area contributed by atoms with Crippen molar-refractivity contribution in [2.45, 2.75) is 70.9 Å². The van der Waals surface area contributed by atoms with Gasteiger partial charge in [-0.15, -0.1) is 0 Å². The Balaban J connectivity index is 1.88. The van der Waals surface area contributed by atoms with Crippen molar-refractivity contribution in [1.29, 1.82) is 0 Å².